The van der Waals surface area contributed by atoms with Crippen molar-refractivity contribution in [2.45, 2.75) is 11.6 Å². The molecule has 1 aliphatic rings. The van der Waals surface area contributed by atoms with Crippen LogP contribution in [0.3, 0.4) is 0 Å². The molecule has 0 aromatic heterocycles. The molecule has 0 amide bonds. The van der Waals surface area contributed by atoms with Gasteiger partial charge in [0.25, 0.3) is 0 Å². The lowest BCUT2D eigenvalue weighted by Gasteiger charge is -2.42. The quantitative estimate of drug-likeness (QED) is 0.716. The Labute approximate surface area is 165 Å². The van der Waals surface area contributed by atoms with E-state index in [2.05, 4.69) is 12.1 Å². The maximum Gasteiger partial charge on any atom is 0.171 e. The highest BCUT2D eigenvalue weighted by molar-refractivity contribution is 5.40. The molecule has 1 saturated heterocycles. The van der Waals surface area contributed by atoms with Crippen LogP contribution in [0.2, 0.25) is 0 Å². The minimum Gasteiger partial charge on any atom is -0.374 e. The highest BCUT2D eigenvalue weighted by Gasteiger charge is 2.47. The number of ether oxygens (including phenoxy) is 1. The van der Waals surface area contributed by atoms with Gasteiger partial charge in [-0.25, -0.2) is 4.39 Å². The summed E-state index contributed by atoms with van der Waals surface area (Å²) in [7, 11) is 0. The zero-order valence-electron chi connectivity index (χ0n) is 15.7. The SMILES string of the molecule is O[C@](c1ccccc1)(c1ccc(F)cc1)[C@H](c1ccccc1)[NH+]1CCOCC1. The summed E-state index contributed by atoms with van der Waals surface area (Å²) in [6.07, 6.45) is 0. The van der Waals surface area contributed by atoms with Gasteiger partial charge in [-0.2, -0.15) is 0 Å². The molecule has 0 spiro atoms. The molecular formula is C24H25FNO2+. The Morgan fingerprint density at radius 1 is 0.786 bits per heavy atom. The molecule has 2 N–H and O–H groups in total. The van der Waals surface area contributed by atoms with Crippen LogP contribution >= 0.6 is 0 Å². The Bertz CT molecular complexity index is 879. The number of benzene rings is 3. The second kappa shape index (κ2) is 8.23. The predicted octanol–water partition coefficient (Wildman–Crippen LogP) is 2.72. The maximum atomic E-state index is 13.7. The van der Waals surface area contributed by atoms with Gasteiger partial charge in [-0.15, -0.1) is 0 Å². The fourth-order valence-corrected chi connectivity index (χ4v) is 4.24. The van der Waals surface area contributed by atoms with Gasteiger partial charge in [-0.1, -0.05) is 72.8 Å². The first-order valence-corrected chi connectivity index (χ1v) is 9.71. The third kappa shape index (κ3) is 3.59. The minimum atomic E-state index is -1.30. The van der Waals surface area contributed by atoms with Crippen LogP contribution in [0.5, 0.6) is 0 Å². The standard InChI is InChI=1S/C24H24FNO2/c25-22-13-11-21(12-14-22)24(27,20-9-5-2-6-10-20)23(19-7-3-1-4-8-19)26-15-17-28-18-16-26/h1-14,23,27H,15-18H2/p+1/t23-,24+/m0/s1. The molecule has 3 nitrogen and oxygen atoms in total. The fourth-order valence-electron chi connectivity index (χ4n) is 4.24. The number of aliphatic hydroxyl groups is 1. The number of hydrogen-bond acceptors (Lipinski definition) is 2. The van der Waals surface area contributed by atoms with Crippen LogP contribution in [-0.2, 0) is 10.3 Å². The molecule has 4 heteroatoms. The molecule has 0 bridgehead atoms. The lowest BCUT2D eigenvalue weighted by atomic mass is 9.76. The zero-order chi connectivity index (χ0) is 19.4. The summed E-state index contributed by atoms with van der Waals surface area (Å²) >= 11 is 0. The summed E-state index contributed by atoms with van der Waals surface area (Å²) in [5.41, 5.74) is 1.24. The van der Waals surface area contributed by atoms with E-state index in [1.165, 1.54) is 17.0 Å². The zero-order valence-corrected chi connectivity index (χ0v) is 15.7. The van der Waals surface area contributed by atoms with Gasteiger partial charge < -0.3 is 14.7 Å². The molecule has 28 heavy (non-hydrogen) atoms. The topological polar surface area (TPSA) is 33.9 Å². The van der Waals surface area contributed by atoms with E-state index in [-0.39, 0.29) is 11.9 Å². The lowest BCUT2D eigenvalue weighted by molar-refractivity contribution is -0.946. The predicted molar refractivity (Wildman–Crippen MR) is 107 cm³/mol. The van der Waals surface area contributed by atoms with Crippen molar-refractivity contribution in [1.29, 1.82) is 0 Å². The molecule has 3 aromatic rings. The fraction of sp³-hybridized carbons (Fsp3) is 0.250. The average Bonchev–Trinajstić information content (AvgIpc) is 2.76. The van der Waals surface area contributed by atoms with Gasteiger partial charge in [0.1, 0.15) is 18.9 Å². The van der Waals surface area contributed by atoms with Crippen molar-refractivity contribution in [1.82, 2.24) is 0 Å². The van der Waals surface area contributed by atoms with E-state index in [0.717, 1.165) is 24.2 Å². The summed E-state index contributed by atoms with van der Waals surface area (Å²) in [6.45, 7) is 2.92. The molecule has 144 valence electrons. The summed E-state index contributed by atoms with van der Waals surface area (Å²) in [6, 6.07) is 25.8. The van der Waals surface area contributed by atoms with E-state index in [1.54, 1.807) is 12.1 Å². The first-order valence-electron chi connectivity index (χ1n) is 9.71. The van der Waals surface area contributed by atoms with Gasteiger partial charge in [0.05, 0.1) is 13.2 Å². The molecule has 3 aromatic carbocycles. The van der Waals surface area contributed by atoms with Crippen molar-refractivity contribution in [2.24, 2.45) is 0 Å². The molecular weight excluding hydrogens is 353 g/mol. The number of morpholine rings is 1. The highest BCUT2D eigenvalue weighted by Crippen LogP contribution is 2.39. The smallest absolute Gasteiger partial charge is 0.171 e. The Balaban J connectivity index is 1.92. The molecule has 0 unspecified atom stereocenters. The van der Waals surface area contributed by atoms with Crippen LogP contribution in [0.1, 0.15) is 22.7 Å². The van der Waals surface area contributed by atoms with Gasteiger partial charge in [-0.3, -0.25) is 0 Å². The van der Waals surface area contributed by atoms with E-state index in [9.17, 15) is 9.50 Å². The molecule has 0 saturated carbocycles. The molecule has 4 rings (SSSR count). The van der Waals surface area contributed by atoms with Crippen molar-refractivity contribution in [2.75, 3.05) is 26.3 Å². The number of nitrogens with one attached hydrogen (secondary N) is 1. The normalized spacial score (nSPS) is 18.4. The van der Waals surface area contributed by atoms with Crippen LogP contribution in [0.15, 0.2) is 84.9 Å². The Hall–Kier alpha value is -2.53. The van der Waals surface area contributed by atoms with Gasteiger partial charge in [0.15, 0.2) is 11.6 Å². The van der Waals surface area contributed by atoms with Crippen LogP contribution < -0.4 is 4.90 Å². The van der Waals surface area contributed by atoms with Crippen LogP contribution in [0.25, 0.3) is 0 Å². The first-order chi connectivity index (χ1) is 13.7. The number of rotatable bonds is 5. The molecule has 2 atom stereocenters. The Kier molecular flexibility index (Phi) is 5.53. The summed E-state index contributed by atoms with van der Waals surface area (Å²) in [4.78, 5) is 1.26. The van der Waals surface area contributed by atoms with Gasteiger partial charge in [0.2, 0.25) is 0 Å². The average molecular weight is 378 g/mol. The van der Waals surface area contributed by atoms with E-state index < -0.39 is 5.60 Å². The second-order valence-electron chi connectivity index (χ2n) is 7.25. The Morgan fingerprint density at radius 2 is 1.32 bits per heavy atom. The van der Waals surface area contributed by atoms with E-state index >= 15 is 0 Å². The molecule has 1 heterocycles. The summed E-state index contributed by atoms with van der Waals surface area (Å²) in [5.74, 6) is -0.311. The van der Waals surface area contributed by atoms with Gasteiger partial charge in [0, 0.05) is 5.56 Å². The Morgan fingerprint density at radius 3 is 1.93 bits per heavy atom. The summed E-state index contributed by atoms with van der Waals surface area (Å²) < 4.78 is 19.2. The number of halogens is 1. The highest BCUT2D eigenvalue weighted by atomic mass is 19.1. The van der Waals surface area contributed by atoms with E-state index in [1.807, 2.05) is 48.5 Å². The van der Waals surface area contributed by atoms with Crippen LogP contribution in [-0.4, -0.2) is 31.4 Å². The van der Waals surface area contributed by atoms with Crippen LogP contribution in [0.4, 0.5) is 4.39 Å². The summed E-state index contributed by atoms with van der Waals surface area (Å²) in [5, 5.41) is 12.3. The molecule has 1 fully saturated rings. The minimum absolute atomic E-state index is 0.245. The number of quaternary nitrogens is 1. The van der Waals surface area contributed by atoms with Crippen molar-refractivity contribution in [3.8, 4) is 0 Å². The molecule has 1 aliphatic heterocycles. The lowest BCUT2D eigenvalue weighted by Crippen LogP contribution is -3.15. The van der Waals surface area contributed by atoms with E-state index in [4.69, 9.17) is 4.74 Å². The van der Waals surface area contributed by atoms with Gasteiger partial charge in [-0.05, 0) is 23.3 Å². The first kappa shape index (κ1) is 18.8. The molecule has 0 radical (unpaired) electrons. The second-order valence-corrected chi connectivity index (χ2v) is 7.25. The van der Waals surface area contributed by atoms with Gasteiger partial charge >= 0.3 is 0 Å². The van der Waals surface area contributed by atoms with Crippen molar-refractivity contribution in [3.63, 3.8) is 0 Å². The third-order valence-electron chi connectivity index (χ3n) is 5.59. The maximum absolute atomic E-state index is 13.7. The van der Waals surface area contributed by atoms with Crippen molar-refractivity contribution in [3.05, 3.63) is 107 Å². The molecule has 0 aliphatic carbocycles. The monoisotopic (exact) mass is 378 g/mol. The number of hydrogen-bond donors (Lipinski definition) is 2. The third-order valence-corrected chi connectivity index (χ3v) is 5.59. The van der Waals surface area contributed by atoms with E-state index in [0.29, 0.717) is 18.8 Å². The largest absolute Gasteiger partial charge is 0.374 e. The van der Waals surface area contributed by atoms with Crippen molar-refractivity contribution >= 4 is 0 Å². The van der Waals surface area contributed by atoms with Crippen molar-refractivity contribution < 1.29 is 19.1 Å². The van der Waals surface area contributed by atoms with Crippen LogP contribution in [0, 0.1) is 5.82 Å².